The Bertz CT molecular complexity index is 754. The Labute approximate surface area is 172 Å². The standard InChI is InChI=1S/C23H32FN3O2/c1-29-15-13-25-16-23(28)27(21-6-3-2-4-7-21)18-22-8-5-14-26(22)17-19-9-11-20(24)12-10-19/h5,8-12,14,21,25H,2-4,6-7,13,15-18H2,1H3. The van der Waals surface area contributed by atoms with Crippen molar-refractivity contribution in [1.82, 2.24) is 14.8 Å². The highest BCUT2D eigenvalue weighted by atomic mass is 19.1. The van der Waals surface area contributed by atoms with Crippen molar-refractivity contribution in [2.75, 3.05) is 26.8 Å². The molecule has 1 aromatic carbocycles. The maximum atomic E-state index is 13.2. The summed E-state index contributed by atoms with van der Waals surface area (Å²) in [7, 11) is 1.66. The molecule has 0 aliphatic heterocycles. The number of halogens is 1. The predicted octanol–water partition coefficient (Wildman–Crippen LogP) is 3.57. The number of carbonyl (C=O) groups is 1. The van der Waals surface area contributed by atoms with Gasteiger partial charge in [-0.25, -0.2) is 4.39 Å². The van der Waals surface area contributed by atoms with Crippen molar-refractivity contribution < 1.29 is 13.9 Å². The maximum absolute atomic E-state index is 13.2. The third-order valence-electron chi connectivity index (χ3n) is 5.62. The van der Waals surface area contributed by atoms with Gasteiger partial charge in [0, 0.05) is 38.1 Å². The van der Waals surface area contributed by atoms with Crippen molar-refractivity contribution in [3.63, 3.8) is 0 Å². The highest BCUT2D eigenvalue weighted by Crippen LogP contribution is 2.24. The van der Waals surface area contributed by atoms with Gasteiger partial charge in [0.25, 0.3) is 0 Å². The Balaban J connectivity index is 1.69. The summed E-state index contributed by atoms with van der Waals surface area (Å²) in [6, 6.07) is 11.0. The summed E-state index contributed by atoms with van der Waals surface area (Å²) in [5.74, 6) is -0.0842. The van der Waals surface area contributed by atoms with E-state index in [-0.39, 0.29) is 11.7 Å². The Morgan fingerprint density at radius 3 is 2.69 bits per heavy atom. The summed E-state index contributed by atoms with van der Waals surface area (Å²) < 4.78 is 20.4. The van der Waals surface area contributed by atoms with Gasteiger partial charge in [0.1, 0.15) is 5.82 Å². The van der Waals surface area contributed by atoms with Crippen molar-refractivity contribution in [2.24, 2.45) is 0 Å². The molecule has 1 N–H and O–H groups in total. The number of aromatic nitrogens is 1. The van der Waals surface area contributed by atoms with E-state index in [0.29, 0.717) is 38.8 Å². The van der Waals surface area contributed by atoms with Gasteiger partial charge in [-0.05, 0) is 42.7 Å². The first-order valence-electron chi connectivity index (χ1n) is 10.5. The van der Waals surface area contributed by atoms with Crippen LogP contribution in [0.4, 0.5) is 4.39 Å². The molecule has 1 fully saturated rings. The molecule has 6 heteroatoms. The second-order valence-electron chi connectivity index (χ2n) is 7.74. The number of nitrogens with zero attached hydrogens (tertiary/aromatic N) is 2. The number of hydrogen-bond acceptors (Lipinski definition) is 3. The van der Waals surface area contributed by atoms with Gasteiger partial charge in [-0.3, -0.25) is 4.79 Å². The molecular weight excluding hydrogens is 369 g/mol. The number of rotatable bonds is 10. The van der Waals surface area contributed by atoms with E-state index >= 15 is 0 Å². The zero-order valence-corrected chi connectivity index (χ0v) is 17.3. The first-order chi connectivity index (χ1) is 14.2. The highest BCUT2D eigenvalue weighted by Gasteiger charge is 2.26. The molecule has 1 amide bonds. The Morgan fingerprint density at radius 2 is 1.97 bits per heavy atom. The lowest BCUT2D eigenvalue weighted by Crippen LogP contribution is -2.45. The van der Waals surface area contributed by atoms with Crippen LogP contribution in [0.5, 0.6) is 0 Å². The smallest absolute Gasteiger partial charge is 0.237 e. The molecule has 1 heterocycles. The highest BCUT2D eigenvalue weighted by molar-refractivity contribution is 5.78. The molecule has 0 bridgehead atoms. The minimum Gasteiger partial charge on any atom is -0.383 e. The monoisotopic (exact) mass is 401 g/mol. The van der Waals surface area contributed by atoms with Crippen LogP contribution in [-0.4, -0.2) is 48.2 Å². The van der Waals surface area contributed by atoms with Crippen LogP contribution in [0.1, 0.15) is 43.4 Å². The largest absolute Gasteiger partial charge is 0.383 e. The lowest BCUT2D eigenvalue weighted by Gasteiger charge is -2.35. The molecule has 1 aromatic heterocycles. The van der Waals surface area contributed by atoms with Crippen LogP contribution < -0.4 is 5.32 Å². The first-order valence-corrected chi connectivity index (χ1v) is 10.5. The van der Waals surface area contributed by atoms with Gasteiger partial charge in [-0.15, -0.1) is 0 Å². The Hall–Kier alpha value is -2.18. The Kier molecular flexibility index (Phi) is 8.25. The van der Waals surface area contributed by atoms with Crippen LogP contribution in [0, 0.1) is 5.82 Å². The zero-order chi connectivity index (χ0) is 20.5. The zero-order valence-electron chi connectivity index (χ0n) is 17.3. The van der Waals surface area contributed by atoms with Crippen LogP contribution in [-0.2, 0) is 22.6 Å². The van der Waals surface area contributed by atoms with Crippen LogP contribution in [0.2, 0.25) is 0 Å². The van der Waals surface area contributed by atoms with E-state index in [4.69, 9.17) is 4.74 Å². The second-order valence-corrected chi connectivity index (χ2v) is 7.74. The van der Waals surface area contributed by atoms with E-state index in [0.717, 1.165) is 24.1 Å². The van der Waals surface area contributed by atoms with Crippen molar-refractivity contribution >= 4 is 5.91 Å². The molecule has 0 saturated heterocycles. The number of benzene rings is 1. The molecule has 2 aromatic rings. The number of carbonyl (C=O) groups excluding carboxylic acids is 1. The van der Waals surface area contributed by atoms with E-state index in [2.05, 4.69) is 20.9 Å². The molecule has 29 heavy (non-hydrogen) atoms. The van der Waals surface area contributed by atoms with Gasteiger partial charge in [-0.1, -0.05) is 31.4 Å². The molecule has 0 atom stereocenters. The number of amides is 1. The molecule has 158 valence electrons. The van der Waals surface area contributed by atoms with E-state index in [1.165, 1.54) is 31.4 Å². The lowest BCUT2D eigenvalue weighted by molar-refractivity contribution is -0.134. The summed E-state index contributed by atoms with van der Waals surface area (Å²) in [5, 5.41) is 3.19. The van der Waals surface area contributed by atoms with Gasteiger partial charge in [-0.2, -0.15) is 0 Å². The second kappa shape index (κ2) is 11.1. The molecule has 0 unspecified atom stereocenters. The van der Waals surface area contributed by atoms with Gasteiger partial charge < -0.3 is 19.5 Å². The van der Waals surface area contributed by atoms with Gasteiger partial charge >= 0.3 is 0 Å². The molecule has 5 nitrogen and oxygen atoms in total. The van der Waals surface area contributed by atoms with Crippen molar-refractivity contribution in [3.05, 3.63) is 59.7 Å². The molecule has 1 saturated carbocycles. The number of methoxy groups -OCH3 is 1. The Morgan fingerprint density at radius 1 is 1.21 bits per heavy atom. The summed E-state index contributed by atoms with van der Waals surface area (Å²) in [4.78, 5) is 15.1. The van der Waals surface area contributed by atoms with Gasteiger partial charge in [0.05, 0.1) is 19.7 Å². The summed E-state index contributed by atoms with van der Waals surface area (Å²) in [5.41, 5.74) is 2.14. The number of hydrogen-bond donors (Lipinski definition) is 1. The minimum atomic E-state index is -0.225. The predicted molar refractivity (Wildman–Crippen MR) is 112 cm³/mol. The fraction of sp³-hybridized carbons (Fsp3) is 0.522. The topological polar surface area (TPSA) is 46.5 Å². The van der Waals surface area contributed by atoms with Gasteiger partial charge in [0.15, 0.2) is 0 Å². The molecule has 3 rings (SSSR count). The third-order valence-corrected chi connectivity index (χ3v) is 5.62. The van der Waals surface area contributed by atoms with Crippen molar-refractivity contribution in [3.8, 4) is 0 Å². The average Bonchev–Trinajstić information content (AvgIpc) is 3.18. The average molecular weight is 402 g/mol. The van der Waals surface area contributed by atoms with Crippen LogP contribution in [0.25, 0.3) is 0 Å². The fourth-order valence-electron chi connectivity index (χ4n) is 3.99. The normalized spacial score (nSPS) is 14.8. The lowest BCUT2D eigenvalue weighted by atomic mass is 9.94. The van der Waals surface area contributed by atoms with Crippen molar-refractivity contribution in [1.29, 1.82) is 0 Å². The first kappa shape index (κ1) is 21.5. The van der Waals surface area contributed by atoms with E-state index in [9.17, 15) is 9.18 Å². The fourth-order valence-corrected chi connectivity index (χ4v) is 3.99. The molecule has 1 aliphatic carbocycles. The molecule has 0 spiro atoms. The number of ether oxygens (including phenoxy) is 1. The van der Waals surface area contributed by atoms with Crippen LogP contribution in [0.15, 0.2) is 42.6 Å². The van der Waals surface area contributed by atoms with E-state index < -0.39 is 0 Å². The summed E-state index contributed by atoms with van der Waals surface area (Å²) >= 11 is 0. The van der Waals surface area contributed by atoms with Crippen LogP contribution in [0.3, 0.4) is 0 Å². The maximum Gasteiger partial charge on any atom is 0.237 e. The van der Waals surface area contributed by atoms with E-state index in [1.54, 1.807) is 7.11 Å². The molecule has 0 radical (unpaired) electrons. The van der Waals surface area contributed by atoms with Crippen LogP contribution >= 0.6 is 0 Å². The van der Waals surface area contributed by atoms with E-state index in [1.807, 2.05) is 24.4 Å². The summed E-state index contributed by atoms with van der Waals surface area (Å²) in [6.07, 6.45) is 7.79. The minimum absolute atomic E-state index is 0.141. The van der Waals surface area contributed by atoms with Gasteiger partial charge in [0.2, 0.25) is 5.91 Å². The number of nitrogens with one attached hydrogen (secondary N) is 1. The molecule has 1 aliphatic rings. The molecular formula is C23H32FN3O2. The van der Waals surface area contributed by atoms with Crippen molar-refractivity contribution in [2.45, 2.75) is 51.2 Å². The SMILES string of the molecule is COCCNCC(=O)N(Cc1cccn1Cc1ccc(F)cc1)C1CCCCC1. The summed E-state index contributed by atoms with van der Waals surface area (Å²) in [6.45, 7) is 2.86. The third kappa shape index (κ3) is 6.41. The quantitative estimate of drug-likeness (QED) is 0.619.